The van der Waals surface area contributed by atoms with Gasteiger partial charge in [0.2, 0.25) is 0 Å². The topological polar surface area (TPSA) is 67.2 Å². The van der Waals surface area contributed by atoms with Crippen molar-refractivity contribution in [3.8, 4) is 5.69 Å². The third-order valence-corrected chi connectivity index (χ3v) is 5.65. The Hall–Kier alpha value is -3.64. The molecule has 3 aromatic carbocycles. The van der Waals surface area contributed by atoms with E-state index in [1.165, 1.54) is 4.90 Å². The maximum absolute atomic E-state index is 13.5. The second-order valence-corrected chi connectivity index (χ2v) is 8.13. The molecule has 0 radical (unpaired) electrons. The van der Waals surface area contributed by atoms with Gasteiger partial charge in [0.15, 0.2) is 0 Å². The lowest BCUT2D eigenvalue weighted by atomic mass is 10.1. The monoisotopic (exact) mass is 446 g/mol. The molecule has 1 atom stereocenters. The van der Waals surface area contributed by atoms with E-state index in [2.05, 4.69) is 5.32 Å². The van der Waals surface area contributed by atoms with Crippen molar-refractivity contribution in [1.82, 2.24) is 14.5 Å². The molecule has 1 heterocycles. The van der Waals surface area contributed by atoms with E-state index in [9.17, 15) is 9.59 Å². The van der Waals surface area contributed by atoms with Crippen LogP contribution in [-0.2, 0) is 0 Å². The number of hydrogen-bond acceptors (Lipinski definition) is 3. The molecule has 1 unspecified atom stereocenters. The van der Waals surface area contributed by atoms with Crippen molar-refractivity contribution < 1.29 is 4.79 Å². The number of carbonyl (C=O) groups excluding carboxylic acids is 1. The minimum Gasteiger partial charge on any atom is -0.318 e. The van der Waals surface area contributed by atoms with Crippen molar-refractivity contribution >= 4 is 34.2 Å². The molecule has 32 heavy (non-hydrogen) atoms. The van der Waals surface area contributed by atoms with Gasteiger partial charge in [-0.15, -0.1) is 0 Å². The Morgan fingerprint density at radius 2 is 1.81 bits per heavy atom. The number of amides is 2. The molecule has 0 bridgehead atoms. The summed E-state index contributed by atoms with van der Waals surface area (Å²) in [6.45, 7) is 3.82. The van der Waals surface area contributed by atoms with Gasteiger partial charge in [-0.3, -0.25) is 9.36 Å². The van der Waals surface area contributed by atoms with E-state index in [-0.39, 0.29) is 11.6 Å². The van der Waals surface area contributed by atoms with Crippen molar-refractivity contribution in [3.63, 3.8) is 0 Å². The number of fused-ring (bicyclic) bond motifs is 1. The van der Waals surface area contributed by atoms with Crippen molar-refractivity contribution in [2.75, 3.05) is 12.4 Å². The zero-order chi connectivity index (χ0) is 22.8. The van der Waals surface area contributed by atoms with E-state index >= 15 is 0 Å². The fraction of sp³-hybridized carbons (Fsp3) is 0.160. The number of hydrogen-bond donors (Lipinski definition) is 1. The number of aryl methyl sites for hydroxylation is 1. The van der Waals surface area contributed by atoms with Crippen molar-refractivity contribution in [2.24, 2.45) is 0 Å². The molecule has 4 rings (SSSR count). The van der Waals surface area contributed by atoms with Crippen molar-refractivity contribution in [3.05, 3.63) is 99.6 Å². The number of aromatic nitrogens is 2. The number of carbonyl (C=O) groups is 1. The summed E-state index contributed by atoms with van der Waals surface area (Å²) in [6.07, 6.45) is 0. The number of anilines is 1. The van der Waals surface area contributed by atoms with E-state index in [4.69, 9.17) is 16.6 Å². The Morgan fingerprint density at radius 1 is 1.06 bits per heavy atom. The first kappa shape index (κ1) is 21.6. The summed E-state index contributed by atoms with van der Waals surface area (Å²) < 4.78 is 1.59. The zero-order valence-electron chi connectivity index (χ0n) is 18.0. The number of para-hydroxylation sites is 1. The molecule has 1 N–H and O–H groups in total. The molecule has 7 heteroatoms. The molecular formula is C25H23ClN4O2. The molecule has 0 fully saturated rings. The molecule has 6 nitrogen and oxygen atoms in total. The predicted molar refractivity (Wildman–Crippen MR) is 129 cm³/mol. The highest BCUT2D eigenvalue weighted by Crippen LogP contribution is 2.23. The van der Waals surface area contributed by atoms with Gasteiger partial charge < -0.3 is 10.2 Å². The average Bonchev–Trinajstić information content (AvgIpc) is 2.78. The second-order valence-electron chi connectivity index (χ2n) is 7.69. The number of benzene rings is 3. The Kier molecular flexibility index (Phi) is 5.97. The van der Waals surface area contributed by atoms with Crippen LogP contribution in [0.3, 0.4) is 0 Å². The SMILES string of the molecule is Cc1cccc(-n2c(C(C)N(C)C(=O)Nc3cccc(Cl)c3)nc3ccccc3c2=O)c1. The minimum absolute atomic E-state index is 0.174. The predicted octanol–water partition coefficient (Wildman–Crippen LogP) is 5.57. The number of halogens is 1. The van der Waals surface area contributed by atoms with Crippen LogP contribution in [0.1, 0.15) is 24.4 Å². The summed E-state index contributed by atoms with van der Waals surface area (Å²) in [5, 5.41) is 3.90. The normalized spacial score (nSPS) is 11.9. The van der Waals surface area contributed by atoms with Crippen molar-refractivity contribution in [2.45, 2.75) is 19.9 Å². The van der Waals surface area contributed by atoms with E-state index in [1.807, 2.05) is 50.2 Å². The number of rotatable bonds is 4. The van der Waals surface area contributed by atoms with Gasteiger partial charge in [0.1, 0.15) is 5.82 Å². The van der Waals surface area contributed by atoms with Crippen LogP contribution in [0.5, 0.6) is 0 Å². The van der Waals surface area contributed by atoms with Gasteiger partial charge in [-0.05, 0) is 61.9 Å². The van der Waals surface area contributed by atoms with Gasteiger partial charge in [0.05, 0.1) is 22.6 Å². The molecule has 0 aliphatic heterocycles. The van der Waals surface area contributed by atoms with Gasteiger partial charge in [-0.1, -0.05) is 41.9 Å². The van der Waals surface area contributed by atoms with E-state index in [1.54, 1.807) is 48.0 Å². The standard InChI is InChI=1S/C25H23ClN4O2/c1-16-8-6-11-20(14-16)30-23(28-22-13-5-4-12-21(22)24(30)31)17(2)29(3)25(32)27-19-10-7-9-18(26)15-19/h4-15,17H,1-3H3,(H,27,32). The van der Waals surface area contributed by atoms with E-state index in [0.29, 0.717) is 33.1 Å². The van der Waals surface area contributed by atoms with Gasteiger partial charge in [-0.25, -0.2) is 9.78 Å². The van der Waals surface area contributed by atoms with Crippen LogP contribution in [0, 0.1) is 6.92 Å². The van der Waals surface area contributed by atoms with Crippen molar-refractivity contribution in [1.29, 1.82) is 0 Å². The van der Waals surface area contributed by atoms with Crippen LogP contribution in [0.4, 0.5) is 10.5 Å². The van der Waals surface area contributed by atoms with Crippen LogP contribution in [0.15, 0.2) is 77.6 Å². The Morgan fingerprint density at radius 3 is 2.56 bits per heavy atom. The number of urea groups is 1. The highest BCUT2D eigenvalue weighted by atomic mass is 35.5. The van der Waals surface area contributed by atoms with Gasteiger partial charge in [0, 0.05) is 17.8 Å². The molecule has 0 spiro atoms. The fourth-order valence-corrected chi connectivity index (χ4v) is 3.76. The van der Waals surface area contributed by atoms with Gasteiger partial charge in [0.25, 0.3) is 5.56 Å². The molecule has 0 saturated carbocycles. The highest BCUT2D eigenvalue weighted by Gasteiger charge is 2.24. The molecule has 0 aliphatic rings. The maximum atomic E-state index is 13.5. The molecular weight excluding hydrogens is 424 g/mol. The summed E-state index contributed by atoms with van der Waals surface area (Å²) in [5.74, 6) is 0.475. The van der Waals surface area contributed by atoms with Gasteiger partial charge >= 0.3 is 6.03 Å². The average molecular weight is 447 g/mol. The van der Waals surface area contributed by atoms with Crippen LogP contribution in [0.2, 0.25) is 5.02 Å². The van der Waals surface area contributed by atoms with Crippen LogP contribution < -0.4 is 10.9 Å². The van der Waals surface area contributed by atoms with Crippen LogP contribution in [0.25, 0.3) is 16.6 Å². The van der Waals surface area contributed by atoms with E-state index in [0.717, 1.165) is 5.56 Å². The summed E-state index contributed by atoms with van der Waals surface area (Å²) >= 11 is 6.03. The maximum Gasteiger partial charge on any atom is 0.322 e. The molecule has 0 aliphatic carbocycles. The molecule has 0 saturated heterocycles. The first-order valence-corrected chi connectivity index (χ1v) is 10.6. The number of nitrogens with zero attached hydrogens (tertiary/aromatic N) is 3. The summed E-state index contributed by atoms with van der Waals surface area (Å²) in [6, 6.07) is 21.0. The highest BCUT2D eigenvalue weighted by molar-refractivity contribution is 6.30. The molecule has 1 aromatic heterocycles. The first-order valence-electron chi connectivity index (χ1n) is 10.2. The zero-order valence-corrected chi connectivity index (χ0v) is 18.8. The smallest absolute Gasteiger partial charge is 0.318 e. The van der Waals surface area contributed by atoms with Gasteiger partial charge in [-0.2, -0.15) is 0 Å². The third-order valence-electron chi connectivity index (χ3n) is 5.41. The Labute approximate surface area is 191 Å². The lowest BCUT2D eigenvalue weighted by Crippen LogP contribution is -2.37. The largest absolute Gasteiger partial charge is 0.322 e. The Bertz CT molecular complexity index is 1370. The van der Waals surface area contributed by atoms with E-state index < -0.39 is 6.04 Å². The lowest BCUT2D eigenvalue weighted by Gasteiger charge is -2.27. The number of nitrogens with one attached hydrogen (secondary N) is 1. The second kappa shape index (κ2) is 8.85. The van der Waals surface area contributed by atoms with Crippen LogP contribution in [-0.4, -0.2) is 27.5 Å². The molecule has 2 amide bonds. The third kappa shape index (κ3) is 4.22. The minimum atomic E-state index is -0.494. The lowest BCUT2D eigenvalue weighted by molar-refractivity contribution is 0.205. The summed E-state index contributed by atoms with van der Waals surface area (Å²) in [7, 11) is 1.67. The molecule has 4 aromatic rings. The summed E-state index contributed by atoms with van der Waals surface area (Å²) in [4.78, 5) is 32.7. The summed E-state index contributed by atoms with van der Waals surface area (Å²) in [5.41, 5.74) is 2.73. The van der Waals surface area contributed by atoms with Crippen LogP contribution >= 0.6 is 11.6 Å². The Balaban J connectivity index is 1.79. The molecule has 162 valence electrons. The quantitative estimate of drug-likeness (QED) is 0.445. The fourth-order valence-electron chi connectivity index (χ4n) is 3.57. The first-order chi connectivity index (χ1) is 15.3.